The molecule has 0 bridgehead atoms. The smallest absolute Gasteiger partial charge is 0.129 e. The van der Waals surface area contributed by atoms with Gasteiger partial charge in [0.05, 0.1) is 5.37 Å². The van der Waals surface area contributed by atoms with E-state index in [-0.39, 0.29) is 5.37 Å². The first kappa shape index (κ1) is 10.8. The van der Waals surface area contributed by atoms with Crippen LogP contribution in [0.3, 0.4) is 0 Å². The van der Waals surface area contributed by atoms with E-state index in [1.54, 1.807) is 12.3 Å². The molecule has 2 nitrogen and oxygen atoms in total. The standard InChI is InChI=1S/C9H13ClN2S/c1-2-9(13)12-6-7-3-4-8(10)11-5-7/h3-5,9,12-13H,2,6H2,1H3. The van der Waals surface area contributed by atoms with Crippen molar-refractivity contribution >= 4 is 24.2 Å². The Hall–Kier alpha value is -0.250. The summed E-state index contributed by atoms with van der Waals surface area (Å²) in [5, 5.41) is 4.02. The molecule has 1 atom stereocenters. The Kier molecular flexibility index (Phi) is 4.56. The molecule has 0 spiro atoms. The first-order chi connectivity index (χ1) is 6.22. The lowest BCUT2D eigenvalue weighted by Gasteiger charge is -2.09. The van der Waals surface area contributed by atoms with Crippen molar-refractivity contribution in [2.24, 2.45) is 0 Å². The monoisotopic (exact) mass is 216 g/mol. The van der Waals surface area contributed by atoms with Gasteiger partial charge in [0, 0.05) is 12.7 Å². The third-order valence-corrected chi connectivity index (χ3v) is 2.49. The number of halogens is 1. The van der Waals surface area contributed by atoms with E-state index in [2.05, 4.69) is 29.9 Å². The maximum absolute atomic E-state index is 5.66. The van der Waals surface area contributed by atoms with E-state index < -0.39 is 0 Å². The zero-order valence-electron chi connectivity index (χ0n) is 7.50. The molecule has 1 rings (SSSR count). The van der Waals surface area contributed by atoms with Gasteiger partial charge in [-0.25, -0.2) is 4.98 Å². The third kappa shape index (κ3) is 3.98. The molecule has 1 unspecified atom stereocenters. The van der Waals surface area contributed by atoms with Crippen molar-refractivity contribution in [3.63, 3.8) is 0 Å². The summed E-state index contributed by atoms with van der Waals surface area (Å²) in [6, 6.07) is 3.75. The van der Waals surface area contributed by atoms with Gasteiger partial charge in [0.15, 0.2) is 0 Å². The predicted octanol–water partition coefficient (Wildman–Crippen LogP) is 2.49. The highest BCUT2D eigenvalue weighted by molar-refractivity contribution is 7.80. The molecule has 0 radical (unpaired) electrons. The number of thiol groups is 1. The van der Waals surface area contributed by atoms with Gasteiger partial charge in [0.1, 0.15) is 5.15 Å². The zero-order chi connectivity index (χ0) is 9.68. The van der Waals surface area contributed by atoms with Crippen molar-refractivity contribution in [1.82, 2.24) is 10.3 Å². The highest BCUT2D eigenvalue weighted by Gasteiger charge is 1.98. The molecule has 1 N–H and O–H groups in total. The highest BCUT2D eigenvalue weighted by atomic mass is 35.5. The second-order valence-corrected chi connectivity index (χ2v) is 3.80. The van der Waals surface area contributed by atoms with Gasteiger partial charge in [-0.15, -0.1) is 0 Å². The quantitative estimate of drug-likeness (QED) is 0.459. The number of hydrogen-bond acceptors (Lipinski definition) is 3. The maximum atomic E-state index is 5.66. The average molecular weight is 217 g/mol. The Morgan fingerprint density at radius 3 is 2.92 bits per heavy atom. The van der Waals surface area contributed by atoms with Crippen molar-refractivity contribution in [1.29, 1.82) is 0 Å². The van der Waals surface area contributed by atoms with Crippen molar-refractivity contribution < 1.29 is 0 Å². The first-order valence-corrected chi connectivity index (χ1v) is 5.13. The summed E-state index contributed by atoms with van der Waals surface area (Å²) in [4.78, 5) is 3.98. The van der Waals surface area contributed by atoms with Gasteiger partial charge in [-0.1, -0.05) is 24.6 Å². The summed E-state index contributed by atoms with van der Waals surface area (Å²) in [6.45, 7) is 2.87. The third-order valence-electron chi connectivity index (χ3n) is 1.72. The minimum atomic E-state index is 0.246. The summed E-state index contributed by atoms with van der Waals surface area (Å²) in [6.07, 6.45) is 2.77. The molecule has 0 saturated heterocycles. The van der Waals surface area contributed by atoms with Crippen LogP contribution in [0, 0.1) is 0 Å². The summed E-state index contributed by atoms with van der Waals surface area (Å²) in [5.41, 5.74) is 1.12. The second-order valence-electron chi connectivity index (χ2n) is 2.79. The van der Waals surface area contributed by atoms with Crippen LogP contribution in [0.5, 0.6) is 0 Å². The van der Waals surface area contributed by atoms with E-state index in [0.717, 1.165) is 18.5 Å². The molecule has 0 aliphatic carbocycles. The van der Waals surface area contributed by atoms with Crippen LogP contribution in [0.2, 0.25) is 5.15 Å². The minimum Gasteiger partial charge on any atom is -0.301 e. The average Bonchev–Trinajstić information content (AvgIpc) is 2.16. The van der Waals surface area contributed by atoms with Gasteiger partial charge in [0.25, 0.3) is 0 Å². The Balaban J connectivity index is 2.41. The van der Waals surface area contributed by atoms with Crippen LogP contribution in [0.15, 0.2) is 18.3 Å². The van der Waals surface area contributed by atoms with E-state index >= 15 is 0 Å². The van der Waals surface area contributed by atoms with Crippen LogP contribution in [0.1, 0.15) is 18.9 Å². The molecule has 0 aliphatic rings. The van der Waals surface area contributed by atoms with Gasteiger partial charge < -0.3 is 5.32 Å². The predicted molar refractivity (Wildman–Crippen MR) is 59.2 cm³/mol. The van der Waals surface area contributed by atoms with E-state index in [0.29, 0.717) is 5.15 Å². The number of nitrogens with zero attached hydrogens (tertiary/aromatic N) is 1. The largest absolute Gasteiger partial charge is 0.301 e. The van der Waals surface area contributed by atoms with Crippen molar-refractivity contribution in [3.8, 4) is 0 Å². The van der Waals surface area contributed by atoms with Gasteiger partial charge in [-0.3, -0.25) is 0 Å². The molecule has 1 heterocycles. The fraction of sp³-hybridized carbons (Fsp3) is 0.444. The molecule has 0 amide bonds. The van der Waals surface area contributed by atoms with Gasteiger partial charge in [-0.05, 0) is 18.1 Å². The lowest BCUT2D eigenvalue weighted by molar-refractivity contribution is 0.636. The second kappa shape index (κ2) is 5.47. The number of nitrogens with one attached hydrogen (secondary N) is 1. The summed E-state index contributed by atoms with van der Waals surface area (Å²) in [5.74, 6) is 0. The molecule has 1 aromatic rings. The van der Waals surface area contributed by atoms with Crippen molar-refractivity contribution in [3.05, 3.63) is 29.0 Å². The Bertz CT molecular complexity index is 250. The number of rotatable bonds is 4. The molecular formula is C9H13ClN2S. The zero-order valence-corrected chi connectivity index (χ0v) is 9.15. The first-order valence-electron chi connectivity index (χ1n) is 4.24. The molecular weight excluding hydrogens is 204 g/mol. The topological polar surface area (TPSA) is 24.9 Å². The van der Waals surface area contributed by atoms with E-state index in [1.165, 1.54) is 0 Å². The normalized spacial score (nSPS) is 12.8. The molecule has 0 saturated carbocycles. The van der Waals surface area contributed by atoms with Crippen LogP contribution in [0.25, 0.3) is 0 Å². The lowest BCUT2D eigenvalue weighted by atomic mass is 10.3. The van der Waals surface area contributed by atoms with Crippen LogP contribution < -0.4 is 5.32 Å². The van der Waals surface area contributed by atoms with Crippen LogP contribution >= 0.6 is 24.2 Å². The molecule has 72 valence electrons. The fourth-order valence-electron chi connectivity index (χ4n) is 0.891. The molecule has 1 aromatic heterocycles. The Morgan fingerprint density at radius 2 is 2.38 bits per heavy atom. The fourth-order valence-corrected chi connectivity index (χ4v) is 1.09. The number of aromatic nitrogens is 1. The molecule has 13 heavy (non-hydrogen) atoms. The molecule has 0 fully saturated rings. The number of hydrogen-bond donors (Lipinski definition) is 2. The Labute approximate surface area is 89.1 Å². The number of pyridine rings is 1. The molecule has 0 aromatic carbocycles. The van der Waals surface area contributed by atoms with Gasteiger partial charge >= 0.3 is 0 Å². The van der Waals surface area contributed by atoms with Crippen LogP contribution in [0.4, 0.5) is 0 Å². The summed E-state index contributed by atoms with van der Waals surface area (Å²) in [7, 11) is 0. The van der Waals surface area contributed by atoms with Crippen molar-refractivity contribution in [2.75, 3.05) is 0 Å². The van der Waals surface area contributed by atoms with Crippen molar-refractivity contribution in [2.45, 2.75) is 25.3 Å². The Morgan fingerprint density at radius 1 is 1.62 bits per heavy atom. The summed E-state index contributed by atoms with van der Waals surface area (Å²) < 4.78 is 0. The summed E-state index contributed by atoms with van der Waals surface area (Å²) >= 11 is 9.98. The minimum absolute atomic E-state index is 0.246. The maximum Gasteiger partial charge on any atom is 0.129 e. The van der Waals surface area contributed by atoms with Gasteiger partial charge in [-0.2, -0.15) is 12.6 Å². The van der Waals surface area contributed by atoms with E-state index in [4.69, 9.17) is 11.6 Å². The van der Waals surface area contributed by atoms with Crippen LogP contribution in [-0.2, 0) is 6.54 Å². The SMILES string of the molecule is CCC(S)NCc1ccc(Cl)nc1. The van der Waals surface area contributed by atoms with E-state index in [9.17, 15) is 0 Å². The highest BCUT2D eigenvalue weighted by Crippen LogP contribution is 2.05. The van der Waals surface area contributed by atoms with E-state index in [1.807, 2.05) is 6.07 Å². The lowest BCUT2D eigenvalue weighted by Crippen LogP contribution is -2.22. The molecule has 4 heteroatoms. The van der Waals surface area contributed by atoms with Crippen LogP contribution in [-0.4, -0.2) is 10.4 Å². The molecule has 0 aliphatic heterocycles. The van der Waals surface area contributed by atoms with Gasteiger partial charge in [0.2, 0.25) is 0 Å².